The van der Waals surface area contributed by atoms with Crippen LogP contribution in [0, 0.1) is 5.82 Å². The second-order valence-electron chi connectivity index (χ2n) is 3.79. The molecule has 96 valence electrons. The first-order valence-corrected chi connectivity index (χ1v) is 6.62. The maximum absolute atomic E-state index is 13.7. The van der Waals surface area contributed by atoms with Crippen LogP contribution in [0.25, 0.3) is 10.2 Å². The Bertz CT molecular complexity index is 738. The van der Waals surface area contributed by atoms with Gasteiger partial charge >= 0.3 is 0 Å². The van der Waals surface area contributed by atoms with Crippen molar-refractivity contribution in [2.75, 3.05) is 11.1 Å². The van der Waals surface area contributed by atoms with Gasteiger partial charge in [0.15, 0.2) is 0 Å². The van der Waals surface area contributed by atoms with Crippen LogP contribution < -0.4 is 11.1 Å². The van der Waals surface area contributed by atoms with Crippen molar-refractivity contribution < 1.29 is 4.39 Å². The number of rotatable bonds is 2. The minimum Gasteiger partial charge on any atom is -0.368 e. The summed E-state index contributed by atoms with van der Waals surface area (Å²) < 4.78 is 13.7. The van der Waals surface area contributed by atoms with Crippen LogP contribution in [-0.2, 0) is 0 Å². The highest BCUT2D eigenvalue weighted by Crippen LogP contribution is 2.32. The third-order valence-electron chi connectivity index (χ3n) is 2.55. The van der Waals surface area contributed by atoms with Gasteiger partial charge in [-0.3, -0.25) is 0 Å². The van der Waals surface area contributed by atoms with E-state index in [0.29, 0.717) is 5.82 Å². The number of halogens is 2. The van der Waals surface area contributed by atoms with Crippen molar-refractivity contribution >= 4 is 50.6 Å². The normalized spacial score (nSPS) is 10.8. The number of nitrogens with zero attached hydrogens (tertiary/aromatic N) is 2. The van der Waals surface area contributed by atoms with Crippen LogP contribution in [0.15, 0.2) is 29.6 Å². The van der Waals surface area contributed by atoms with E-state index in [1.807, 2.05) is 11.4 Å². The molecule has 0 aliphatic carbocycles. The van der Waals surface area contributed by atoms with E-state index in [-0.39, 0.29) is 16.7 Å². The van der Waals surface area contributed by atoms with Gasteiger partial charge in [-0.05, 0) is 23.6 Å². The molecule has 0 aliphatic heterocycles. The van der Waals surface area contributed by atoms with Crippen molar-refractivity contribution in [3.8, 4) is 0 Å². The summed E-state index contributed by atoms with van der Waals surface area (Å²) in [7, 11) is 0. The summed E-state index contributed by atoms with van der Waals surface area (Å²) in [6.45, 7) is 0. The van der Waals surface area contributed by atoms with Gasteiger partial charge in [-0.1, -0.05) is 17.7 Å². The molecule has 0 atom stereocenters. The summed E-state index contributed by atoms with van der Waals surface area (Å²) in [5.74, 6) is 0.119. The van der Waals surface area contributed by atoms with Gasteiger partial charge < -0.3 is 11.1 Å². The Hall–Kier alpha value is -1.92. The Morgan fingerprint density at radius 1 is 1.26 bits per heavy atom. The number of benzene rings is 1. The molecule has 0 saturated heterocycles. The van der Waals surface area contributed by atoms with Crippen molar-refractivity contribution in [2.24, 2.45) is 0 Å². The summed E-state index contributed by atoms with van der Waals surface area (Å²) in [5.41, 5.74) is 5.81. The first kappa shape index (κ1) is 12.1. The van der Waals surface area contributed by atoms with Crippen LogP contribution in [0.4, 0.5) is 21.8 Å². The summed E-state index contributed by atoms with van der Waals surface area (Å²) in [6.07, 6.45) is 0. The van der Waals surface area contributed by atoms with E-state index in [0.717, 1.165) is 10.2 Å². The molecule has 0 unspecified atom stereocenters. The lowest BCUT2D eigenvalue weighted by molar-refractivity contribution is 0.632. The fourth-order valence-corrected chi connectivity index (χ4v) is 2.68. The molecular formula is C12H8ClFN4S. The van der Waals surface area contributed by atoms with Crippen molar-refractivity contribution in [1.82, 2.24) is 9.97 Å². The van der Waals surface area contributed by atoms with Crippen molar-refractivity contribution in [1.29, 1.82) is 0 Å². The van der Waals surface area contributed by atoms with Gasteiger partial charge in [0.2, 0.25) is 5.95 Å². The number of hydrogen-bond donors (Lipinski definition) is 2. The standard InChI is InChI=1S/C12H8ClFN4S/c13-7-2-1-3-8(14)9(7)16-10-6-4-5-19-11(6)18-12(15)17-10/h1-5H,(H3,15,16,17,18). The SMILES string of the molecule is Nc1nc(Nc2c(F)cccc2Cl)c2ccsc2n1. The molecule has 0 radical (unpaired) electrons. The van der Waals surface area contributed by atoms with E-state index >= 15 is 0 Å². The number of nitrogens with one attached hydrogen (secondary N) is 1. The van der Waals surface area contributed by atoms with Crippen molar-refractivity contribution in [3.63, 3.8) is 0 Å². The predicted molar refractivity (Wildman–Crippen MR) is 76.5 cm³/mol. The van der Waals surface area contributed by atoms with E-state index in [2.05, 4.69) is 15.3 Å². The van der Waals surface area contributed by atoms with Crippen LogP contribution in [0.3, 0.4) is 0 Å². The lowest BCUT2D eigenvalue weighted by atomic mass is 10.3. The second-order valence-corrected chi connectivity index (χ2v) is 5.09. The van der Waals surface area contributed by atoms with Gasteiger partial charge in [-0.2, -0.15) is 4.98 Å². The van der Waals surface area contributed by atoms with Gasteiger partial charge in [0.1, 0.15) is 16.5 Å². The monoisotopic (exact) mass is 294 g/mol. The first-order valence-electron chi connectivity index (χ1n) is 5.37. The number of aromatic nitrogens is 2. The molecule has 0 amide bonds. The number of nitrogens with two attached hydrogens (primary N) is 1. The smallest absolute Gasteiger partial charge is 0.223 e. The Balaban J connectivity index is 2.13. The number of thiophene rings is 1. The lowest BCUT2D eigenvalue weighted by Crippen LogP contribution is -2.01. The minimum atomic E-state index is -0.451. The van der Waals surface area contributed by atoms with Crippen LogP contribution in [-0.4, -0.2) is 9.97 Å². The Morgan fingerprint density at radius 3 is 2.89 bits per heavy atom. The molecule has 3 aromatic rings. The molecule has 3 rings (SSSR count). The fourth-order valence-electron chi connectivity index (χ4n) is 1.70. The Kier molecular flexibility index (Phi) is 2.96. The molecule has 0 bridgehead atoms. The largest absolute Gasteiger partial charge is 0.368 e. The summed E-state index contributed by atoms with van der Waals surface area (Å²) >= 11 is 7.41. The van der Waals surface area contributed by atoms with Gasteiger partial charge in [-0.25, -0.2) is 9.37 Å². The zero-order valence-electron chi connectivity index (χ0n) is 9.52. The molecule has 19 heavy (non-hydrogen) atoms. The van der Waals surface area contributed by atoms with Gasteiger partial charge in [-0.15, -0.1) is 11.3 Å². The molecule has 2 heterocycles. The number of fused-ring (bicyclic) bond motifs is 1. The average molecular weight is 295 g/mol. The third kappa shape index (κ3) is 2.20. The van der Waals surface area contributed by atoms with Crippen LogP contribution in [0.1, 0.15) is 0 Å². The third-order valence-corrected chi connectivity index (χ3v) is 3.67. The summed E-state index contributed by atoms with van der Waals surface area (Å²) in [6, 6.07) is 6.31. The molecule has 0 aliphatic rings. The highest BCUT2D eigenvalue weighted by molar-refractivity contribution is 7.16. The summed E-state index contributed by atoms with van der Waals surface area (Å²) in [5, 5.41) is 5.80. The molecule has 7 heteroatoms. The number of anilines is 3. The quantitative estimate of drug-likeness (QED) is 0.754. The topological polar surface area (TPSA) is 63.8 Å². The average Bonchev–Trinajstić information content (AvgIpc) is 2.81. The number of para-hydroxylation sites is 1. The number of hydrogen-bond acceptors (Lipinski definition) is 5. The zero-order chi connectivity index (χ0) is 13.4. The van der Waals surface area contributed by atoms with Crippen LogP contribution in [0.2, 0.25) is 5.02 Å². The van der Waals surface area contributed by atoms with E-state index in [4.69, 9.17) is 17.3 Å². The highest BCUT2D eigenvalue weighted by Gasteiger charge is 2.12. The highest BCUT2D eigenvalue weighted by atomic mass is 35.5. The lowest BCUT2D eigenvalue weighted by Gasteiger charge is -2.09. The molecule has 4 nitrogen and oxygen atoms in total. The molecule has 0 fully saturated rings. The van der Waals surface area contributed by atoms with E-state index in [1.165, 1.54) is 23.5 Å². The molecule has 2 aromatic heterocycles. The molecule has 0 spiro atoms. The summed E-state index contributed by atoms with van der Waals surface area (Å²) in [4.78, 5) is 8.93. The van der Waals surface area contributed by atoms with Gasteiger partial charge in [0, 0.05) is 0 Å². The molecular weight excluding hydrogens is 287 g/mol. The van der Waals surface area contributed by atoms with Crippen molar-refractivity contribution in [2.45, 2.75) is 0 Å². The van der Waals surface area contributed by atoms with Gasteiger partial charge in [0.25, 0.3) is 0 Å². The molecule has 3 N–H and O–H groups in total. The second kappa shape index (κ2) is 4.64. The predicted octanol–water partition coefficient (Wildman–Crippen LogP) is 3.81. The minimum absolute atomic E-state index is 0.130. The maximum Gasteiger partial charge on any atom is 0.223 e. The molecule has 0 saturated carbocycles. The Morgan fingerprint density at radius 2 is 2.11 bits per heavy atom. The zero-order valence-corrected chi connectivity index (χ0v) is 11.1. The van der Waals surface area contributed by atoms with E-state index in [1.54, 1.807) is 6.07 Å². The van der Waals surface area contributed by atoms with Crippen molar-refractivity contribution in [3.05, 3.63) is 40.5 Å². The van der Waals surface area contributed by atoms with E-state index < -0.39 is 5.82 Å². The fraction of sp³-hybridized carbons (Fsp3) is 0. The van der Waals surface area contributed by atoms with E-state index in [9.17, 15) is 4.39 Å². The van der Waals surface area contributed by atoms with Crippen LogP contribution >= 0.6 is 22.9 Å². The van der Waals surface area contributed by atoms with Crippen LogP contribution in [0.5, 0.6) is 0 Å². The number of nitrogen functional groups attached to an aromatic ring is 1. The molecule has 1 aromatic carbocycles. The Labute approximate surface area is 117 Å². The van der Waals surface area contributed by atoms with Gasteiger partial charge in [0.05, 0.1) is 16.1 Å². The maximum atomic E-state index is 13.7. The first-order chi connectivity index (χ1) is 9.15.